The zero-order valence-corrected chi connectivity index (χ0v) is 9.51. The molecule has 0 radical (unpaired) electrons. The summed E-state index contributed by atoms with van der Waals surface area (Å²) in [4.78, 5) is 0. The first-order valence-electron chi connectivity index (χ1n) is 6.03. The Morgan fingerprint density at radius 3 is 2.71 bits per heavy atom. The van der Waals surface area contributed by atoms with Gasteiger partial charge in [-0.25, -0.2) is 0 Å². The summed E-state index contributed by atoms with van der Waals surface area (Å²) in [6.07, 6.45) is 7.94. The van der Waals surface area contributed by atoms with Crippen molar-refractivity contribution in [3.8, 4) is 0 Å². The minimum atomic E-state index is 0.153. The Morgan fingerprint density at radius 2 is 2.14 bits per heavy atom. The summed E-state index contributed by atoms with van der Waals surface area (Å²) >= 11 is 0. The normalized spacial score (nSPS) is 38.6. The molecule has 0 amide bonds. The molecule has 2 fully saturated rings. The molecule has 0 bridgehead atoms. The monoisotopic (exact) mass is 197 g/mol. The third-order valence-corrected chi connectivity index (χ3v) is 3.77. The fourth-order valence-corrected chi connectivity index (χ4v) is 2.65. The molecule has 0 aromatic rings. The summed E-state index contributed by atoms with van der Waals surface area (Å²) in [6.45, 7) is 3.42. The SMILES string of the molecule is COC1(CNC2CC2)CCCC(C)C1. The molecule has 0 saturated heterocycles. The average Bonchev–Trinajstić information content (AvgIpc) is 2.98. The number of nitrogens with one attached hydrogen (secondary N) is 1. The Morgan fingerprint density at radius 1 is 1.36 bits per heavy atom. The topological polar surface area (TPSA) is 21.3 Å². The van der Waals surface area contributed by atoms with Gasteiger partial charge in [0.2, 0.25) is 0 Å². The zero-order chi connectivity index (χ0) is 10.0. The van der Waals surface area contributed by atoms with Crippen LogP contribution in [0.15, 0.2) is 0 Å². The summed E-state index contributed by atoms with van der Waals surface area (Å²) in [5.74, 6) is 0.838. The van der Waals surface area contributed by atoms with Gasteiger partial charge in [-0.1, -0.05) is 19.8 Å². The summed E-state index contributed by atoms with van der Waals surface area (Å²) in [5.41, 5.74) is 0.153. The smallest absolute Gasteiger partial charge is 0.0805 e. The lowest BCUT2D eigenvalue weighted by atomic mass is 9.78. The highest BCUT2D eigenvalue weighted by Crippen LogP contribution is 2.35. The van der Waals surface area contributed by atoms with Gasteiger partial charge in [0.1, 0.15) is 0 Å². The van der Waals surface area contributed by atoms with Crippen LogP contribution in [0.5, 0.6) is 0 Å². The van der Waals surface area contributed by atoms with E-state index in [1.165, 1.54) is 38.5 Å². The van der Waals surface area contributed by atoms with E-state index in [0.29, 0.717) is 0 Å². The molecule has 2 heteroatoms. The van der Waals surface area contributed by atoms with Crippen molar-refractivity contribution in [2.45, 2.75) is 57.1 Å². The molecule has 2 rings (SSSR count). The van der Waals surface area contributed by atoms with E-state index in [-0.39, 0.29) is 5.60 Å². The van der Waals surface area contributed by atoms with Gasteiger partial charge in [-0.2, -0.15) is 0 Å². The molecule has 0 aromatic heterocycles. The quantitative estimate of drug-likeness (QED) is 0.747. The molecule has 2 saturated carbocycles. The summed E-state index contributed by atoms with van der Waals surface area (Å²) in [7, 11) is 1.88. The standard InChI is InChI=1S/C12H23NO/c1-10-4-3-7-12(8-10,14-2)9-13-11-5-6-11/h10-11,13H,3-9H2,1-2H3. The molecule has 14 heavy (non-hydrogen) atoms. The second-order valence-electron chi connectivity index (χ2n) is 5.24. The van der Waals surface area contributed by atoms with E-state index in [1.807, 2.05) is 7.11 Å². The van der Waals surface area contributed by atoms with Crippen LogP contribution >= 0.6 is 0 Å². The van der Waals surface area contributed by atoms with Crippen LogP contribution in [0.4, 0.5) is 0 Å². The number of rotatable bonds is 4. The van der Waals surface area contributed by atoms with Gasteiger partial charge in [0, 0.05) is 19.7 Å². The second-order valence-corrected chi connectivity index (χ2v) is 5.24. The van der Waals surface area contributed by atoms with Crippen molar-refractivity contribution in [2.75, 3.05) is 13.7 Å². The van der Waals surface area contributed by atoms with Crippen LogP contribution in [-0.4, -0.2) is 25.3 Å². The highest BCUT2D eigenvalue weighted by Gasteiger charge is 2.36. The Kier molecular flexibility index (Phi) is 3.13. The molecular weight excluding hydrogens is 174 g/mol. The Labute approximate surface area is 87.4 Å². The Hall–Kier alpha value is -0.0800. The lowest BCUT2D eigenvalue weighted by Gasteiger charge is -2.39. The van der Waals surface area contributed by atoms with E-state index in [2.05, 4.69) is 12.2 Å². The van der Waals surface area contributed by atoms with E-state index >= 15 is 0 Å². The van der Waals surface area contributed by atoms with Crippen molar-refractivity contribution in [3.63, 3.8) is 0 Å². The second kappa shape index (κ2) is 4.19. The third-order valence-electron chi connectivity index (χ3n) is 3.77. The van der Waals surface area contributed by atoms with Crippen LogP contribution in [0.2, 0.25) is 0 Å². The molecule has 2 atom stereocenters. The summed E-state index contributed by atoms with van der Waals surface area (Å²) in [5, 5.41) is 3.61. The molecule has 0 heterocycles. The molecule has 82 valence electrons. The molecule has 2 nitrogen and oxygen atoms in total. The van der Waals surface area contributed by atoms with Crippen molar-refractivity contribution in [1.29, 1.82) is 0 Å². The summed E-state index contributed by atoms with van der Waals surface area (Å²) in [6, 6.07) is 0.805. The van der Waals surface area contributed by atoms with Gasteiger partial charge in [-0.3, -0.25) is 0 Å². The van der Waals surface area contributed by atoms with Gasteiger partial charge < -0.3 is 10.1 Å². The number of hydrogen-bond donors (Lipinski definition) is 1. The third kappa shape index (κ3) is 2.48. The predicted octanol–water partition coefficient (Wildman–Crippen LogP) is 2.33. The number of ether oxygens (including phenoxy) is 1. The van der Waals surface area contributed by atoms with E-state index in [9.17, 15) is 0 Å². The van der Waals surface area contributed by atoms with Crippen molar-refractivity contribution >= 4 is 0 Å². The van der Waals surface area contributed by atoms with E-state index in [0.717, 1.165) is 18.5 Å². The van der Waals surface area contributed by atoms with Crippen LogP contribution in [0, 0.1) is 5.92 Å². The maximum absolute atomic E-state index is 5.76. The van der Waals surface area contributed by atoms with Crippen LogP contribution in [0.25, 0.3) is 0 Å². The first kappa shape index (κ1) is 10.4. The maximum Gasteiger partial charge on any atom is 0.0805 e. The van der Waals surface area contributed by atoms with E-state index in [4.69, 9.17) is 4.74 Å². The molecule has 0 aromatic carbocycles. The van der Waals surface area contributed by atoms with Crippen LogP contribution in [0.3, 0.4) is 0 Å². The van der Waals surface area contributed by atoms with Gasteiger partial charge in [-0.05, 0) is 31.6 Å². The molecule has 0 spiro atoms. The lowest BCUT2D eigenvalue weighted by Crippen LogP contribution is -2.46. The van der Waals surface area contributed by atoms with Crippen LogP contribution in [0.1, 0.15) is 45.4 Å². The van der Waals surface area contributed by atoms with Gasteiger partial charge in [-0.15, -0.1) is 0 Å². The number of methoxy groups -OCH3 is 1. The lowest BCUT2D eigenvalue weighted by molar-refractivity contribution is -0.0508. The minimum absolute atomic E-state index is 0.153. The van der Waals surface area contributed by atoms with Gasteiger partial charge >= 0.3 is 0 Å². The minimum Gasteiger partial charge on any atom is -0.377 e. The molecule has 2 aliphatic carbocycles. The van der Waals surface area contributed by atoms with Crippen LogP contribution < -0.4 is 5.32 Å². The van der Waals surface area contributed by atoms with Gasteiger partial charge in [0.15, 0.2) is 0 Å². The molecular formula is C12H23NO. The molecule has 2 aliphatic rings. The molecule has 2 unspecified atom stereocenters. The Bertz CT molecular complexity index is 191. The number of hydrogen-bond acceptors (Lipinski definition) is 2. The van der Waals surface area contributed by atoms with Crippen molar-refractivity contribution < 1.29 is 4.74 Å². The maximum atomic E-state index is 5.76. The van der Waals surface area contributed by atoms with Crippen molar-refractivity contribution in [2.24, 2.45) is 5.92 Å². The van der Waals surface area contributed by atoms with E-state index in [1.54, 1.807) is 0 Å². The largest absolute Gasteiger partial charge is 0.377 e. The van der Waals surface area contributed by atoms with Crippen molar-refractivity contribution in [3.05, 3.63) is 0 Å². The fourth-order valence-electron chi connectivity index (χ4n) is 2.65. The molecule has 1 N–H and O–H groups in total. The van der Waals surface area contributed by atoms with Crippen LogP contribution in [-0.2, 0) is 4.74 Å². The predicted molar refractivity (Wildman–Crippen MR) is 58.4 cm³/mol. The van der Waals surface area contributed by atoms with Gasteiger partial charge in [0.25, 0.3) is 0 Å². The first-order chi connectivity index (χ1) is 6.74. The molecule has 0 aliphatic heterocycles. The fraction of sp³-hybridized carbons (Fsp3) is 1.00. The zero-order valence-electron chi connectivity index (χ0n) is 9.51. The van der Waals surface area contributed by atoms with Crippen molar-refractivity contribution in [1.82, 2.24) is 5.32 Å². The Balaban J connectivity index is 1.85. The first-order valence-corrected chi connectivity index (χ1v) is 6.03. The summed E-state index contributed by atoms with van der Waals surface area (Å²) < 4.78 is 5.76. The highest BCUT2D eigenvalue weighted by atomic mass is 16.5. The van der Waals surface area contributed by atoms with Gasteiger partial charge in [0.05, 0.1) is 5.60 Å². The van der Waals surface area contributed by atoms with E-state index < -0.39 is 0 Å². The highest BCUT2D eigenvalue weighted by molar-refractivity contribution is 4.92. The average molecular weight is 197 g/mol.